The van der Waals surface area contributed by atoms with Crippen LogP contribution in [0.4, 0.5) is 0 Å². The summed E-state index contributed by atoms with van der Waals surface area (Å²) in [5.41, 5.74) is 2.01. The lowest BCUT2D eigenvalue weighted by Gasteiger charge is -2.06. The first-order valence-electron chi connectivity index (χ1n) is 5.56. The van der Waals surface area contributed by atoms with Gasteiger partial charge in [-0.2, -0.15) is 0 Å². The molecule has 1 aromatic heterocycles. The smallest absolute Gasteiger partial charge is 0.0986 e. The third kappa shape index (κ3) is 2.86. The van der Waals surface area contributed by atoms with Gasteiger partial charge in [-0.15, -0.1) is 11.3 Å². The van der Waals surface area contributed by atoms with Crippen molar-refractivity contribution in [2.24, 2.45) is 0 Å². The molecule has 0 aliphatic carbocycles. The van der Waals surface area contributed by atoms with Gasteiger partial charge in [-0.25, -0.2) is 4.98 Å². The van der Waals surface area contributed by atoms with E-state index in [-0.39, 0.29) is 12.5 Å². The fourth-order valence-electron chi connectivity index (χ4n) is 1.61. The van der Waals surface area contributed by atoms with Gasteiger partial charge in [0, 0.05) is 21.9 Å². The van der Waals surface area contributed by atoms with Crippen LogP contribution in [0.3, 0.4) is 0 Å². The quantitative estimate of drug-likeness (QED) is 0.910. The summed E-state index contributed by atoms with van der Waals surface area (Å²) < 4.78 is 0. The van der Waals surface area contributed by atoms with Crippen LogP contribution in [0.25, 0.3) is 11.3 Å². The molecule has 2 rings (SSSR count). The van der Waals surface area contributed by atoms with Crippen LogP contribution in [-0.2, 0) is 0 Å². The van der Waals surface area contributed by atoms with E-state index in [1.807, 2.05) is 29.6 Å². The van der Waals surface area contributed by atoms with Crippen LogP contribution in [0.1, 0.15) is 24.3 Å². The van der Waals surface area contributed by atoms with Crippen molar-refractivity contribution in [3.05, 3.63) is 39.7 Å². The largest absolute Gasteiger partial charge is 0.396 e. The van der Waals surface area contributed by atoms with Crippen LogP contribution >= 0.6 is 22.9 Å². The molecule has 1 aromatic carbocycles. The molecular weight excluding hydrogens is 254 g/mol. The molecule has 90 valence electrons. The van der Waals surface area contributed by atoms with Gasteiger partial charge in [-0.05, 0) is 18.6 Å². The number of aliphatic hydroxyl groups is 1. The molecule has 1 heterocycles. The molecule has 0 saturated carbocycles. The van der Waals surface area contributed by atoms with E-state index in [0.29, 0.717) is 0 Å². The van der Waals surface area contributed by atoms with Gasteiger partial charge in [0.05, 0.1) is 17.3 Å². The van der Waals surface area contributed by atoms with Crippen molar-refractivity contribution in [1.29, 1.82) is 0 Å². The molecule has 0 bridgehead atoms. The molecule has 0 saturated heterocycles. The van der Waals surface area contributed by atoms with Gasteiger partial charge in [-0.1, -0.05) is 30.7 Å². The van der Waals surface area contributed by atoms with Gasteiger partial charge in [0.15, 0.2) is 0 Å². The Labute approximate surface area is 110 Å². The molecule has 0 spiro atoms. The van der Waals surface area contributed by atoms with Gasteiger partial charge in [0.25, 0.3) is 0 Å². The Balaban J connectivity index is 2.26. The minimum Gasteiger partial charge on any atom is -0.396 e. The van der Waals surface area contributed by atoms with Crippen LogP contribution in [0.5, 0.6) is 0 Å². The van der Waals surface area contributed by atoms with Crippen molar-refractivity contribution in [1.82, 2.24) is 4.98 Å². The Morgan fingerprint density at radius 3 is 2.65 bits per heavy atom. The first kappa shape index (κ1) is 12.6. The Morgan fingerprint density at radius 2 is 2.06 bits per heavy atom. The zero-order chi connectivity index (χ0) is 12.3. The van der Waals surface area contributed by atoms with Crippen molar-refractivity contribution in [3.8, 4) is 11.3 Å². The molecule has 2 nitrogen and oxygen atoms in total. The predicted octanol–water partition coefficient (Wildman–Crippen LogP) is 3.95. The average molecular weight is 268 g/mol. The average Bonchev–Trinajstić information content (AvgIpc) is 2.81. The van der Waals surface area contributed by atoms with Gasteiger partial charge in [0.1, 0.15) is 0 Å². The van der Waals surface area contributed by atoms with Crippen LogP contribution in [0.2, 0.25) is 5.02 Å². The van der Waals surface area contributed by atoms with E-state index in [0.717, 1.165) is 27.7 Å². The van der Waals surface area contributed by atoms with Crippen LogP contribution < -0.4 is 0 Å². The Morgan fingerprint density at radius 1 is 1.35 bits per heavy atom. The van der Waals surface area contributed by atoms with Crippen molar-refractivity contribution >= 4 is 22.9 Å². The number of benzene rings is 1. The molecule has 2 aromatic rings. The van der Waals surface area contributed by atoms with Gasteiger partial charge in [-0.3, -0.25) is 0 Å². The van der Waals surface area contributed by atoms with E-state index >= 15 is 0 Å². The maximum atomic E-state index is 9.24. The Hall–Kier alpha value is -0.900. The number of halogens is 1. The van der Waals surface area contributed by atoms with Crippen molar-refractivity contribution in [3.63, 3.8) is 0 Å². The predicted molar refractivity (Wildman–Crippen MR) is 72.7 cm³/mol. The second kappa shape index (κ2) is 5.63. The first-order chi connectivity index (χ1) is 8.24. The van der Waals surface area contributed by atoms with Crippen molar-refractivity contribution in [2.75, 3.05) is 6.61 Å². The molecule has 4 heteroatoms. The fourth-order valence-corrected chi connectivity index (χ4v) is 2.74. The molecule has 0 aliphatic rings. The lowest BCUT2D eigenvalue weighted by Crippen LogP contribution is -2.01. The molecule has 0 aliphatic heterocycles. The second-order valence-corrected chi connectivity index (χ2v) is 5.19. The summed E-state index contributed by atoms with van der Waals surface area (Å²) in [5.74, 6) is 0.154. The fraction of sp³-hybridized carbons (Fsp3) is 0.308. The minimum absolute atomic E-state index is 0.154. The maximum Gasteiger partial charge on any atom is 0.0986 e. The molecule has 1 N–H and O–H groups in total. The number of rotatable bonds is 4. The molecule has 0 fully saturated rings. The molecule has 17 heavy (non-hydrogen) atoms. The highest BCUT2D eigenvalue weighted by atomic mass is 35.5. The molecule has 1 atom stereocenters. The standard InChI is InChI=1S/C13H14ClNOS/c1-2-9(7-16)13-15-12(8-17-13)10-3-5-11(14)6-4-10/h3-6,8-9,16H,2,7H2,1H3. The van der Waals surface area contributed by atoms with E-state index < -0.39 is 0 Å². The maximum absolute atomic E-state index is 9.24. The number of thiazole rings is 1. The zero-order valence-corrected chi connectivity index (χ0v) is 11.1. The second-order valence-electron chi connectivity index (χ2n) is 3.87. The summed E-state index contributed by atoms with van der Waals surface area (Å²) in [6.07, 6.45) is 0.907. The number of hydrogen-bond acceptors (Lipinski definition) is 3. The van der Waals surface area contributed by atoms with Crippen molar-refractivity contribution in [2.45, 2.75) is 19.3 Å². The number of aliphatic hydroxyl groups excluding tert-OH is 1. The Bertz CT molecular complexity index is 476. The summed E-state index contributed by atoms with van der Waals surface area (Å²) in [4.78, 5) is 4.57. The van der Waals surface area contributed by atoms with Gasteiger partial charge >= 0.3 is 0 Å². The molecular formula is C13H14ClNOS. The lowest BCUT2D eigenvalue weighted by molar-refractivity contribution is 0.262. The number of nitrogens with zero attached hydrogens (tertiary/aromatic N) is 1. The zero-order valence-electron chi connectivity index (χ0n) is 9.56. The van der Waals surface area contributed by atoms with E-state index in [2.05, 4.69) is 11.9 Å². The number of aromatic nitrogens is 1. The van der Waals surface area contributed by atoms with Gasteiger partial charge in [0.2, 0.25) is 0 Å². The Kier molecular flexibility index (Phi) is 4.15. The summed E-state index contributed by atoms with van der Waals surface area (Å²) in [7, 11) is 0. The van der Waals surface area contributed by atoms with E-state index in [1.165, 1.54) is 0 Å². The monoisotopic (exact) mass is 267 g/mol. The van der Waals surface area contributed by atoms with Crippen molar-refractivity contribution < 1.29 is 5.11 Å². The highest BCUT2D eigenvalue weighted by molar-refractivity contribution is 7.10. The molecule has 0 radical (unpaired) electrons. The van der Waals surface area contributed by atoms with E-state index in [1.54, 1.807) is 11.3 Å². The summed E-state index contributed by atoms with van der Waals surface area (Å²) in [6.45, 7) is 2.22. The van der Waals surface area contributed by atoms with Crippen LogP contribution in [-0.4, -0.2) is 16.7 Å². The first-order valence-corrected chi connectivity index (χ1v) is 6.82. The SMILES string of the molecule is CCC(CO)c1nc(-c2ccc(Cl)cc2)cs1. The third-order valence-corrected chi connectivity index (χ3v) is 3.98. The lowest BCUT2D eigenvalue weighted by atomic mass is 10.1. The molecule has 0 amide bonds. The van der Waals surface area contributed by atoms with E-state index in [9.17, 15) is 5.11 Å². The highest BCUT2D eigenvalue weighted by Crippen LogP contribution is 2.28. The van der Waals surface area contributed by atoms with E-state index in [4.69, 9.17) is 11.6 Å². The minimum atomic E-state index is 0.154. The summed E-state index contributed by atoms with van der Waals surface area (Å²) >= 11 is 7.45. The third-order valence-electron chi connectivity index (χ3n) is 2.72. The molecule has 1 unspecified atom stereocenters. The highest BCUT2D eigenvalue weighted by Gasteiger charge is 2.13. The topological polar surface area (TPSA) is 33.1 Å². The summed E-state index contributed by atoms with van der Waals surface area (Å²) in [6, 6.07) is 7.64. The van der Waals surface area contributed by atoms with Gasteiger partial charge < -0.3 is 5.11 Å². The summed E-state index contributed by atoms with van der Waals surface area (Å²) in [5, 5.41) is 13.0. The van der Waals surface area contributed by atoms with Crippen LogP contribution in [0, 0.1) is 0 Å². The normalized spacial score (nSPS) is 12.6. The van der Waals surface area contributed by atoms with Crippen LogP contribution in [0.15, 0.2) is 29.6 Å². The number of hydrogen-bond donors (Lipinski definition) is 1.